The Hall–Kier alpha value is -0.0400. The molecule has 0 amide bonds. The first-order valence-electron chi connectivity index (χ1n) is 5.61. The van der Waals surface area contributed by atoms with Gasteiger partial charge in [-0.2, -0.15) is 0 Å². The predicted molar refractivity (Wildman–Crippen MR) is 54.3 cm³/mol. The molecule has 0 saturated heterocycles. The largest absolute Gasteiger partial charge is 0.314 e. The lowest BCUT2D eigenvalue weighted by molar-refractivity contribution is 0.427. The van der Waals surface area contributed by atoms with Gasteiger partial charge in [0.05, 0.1) is 0 Å². The highest BCUT2D eigenvalue weighted by atomic mass is 14.9. The third kappa shape index (κ3) is 3.57. The highest BCUT2D eigenvalue weighted by Gasteiger charge is 2.29. The molecule has 72 valence electrons. The van der Waals surface area contributed by atoms with Crippen molar-refractivity contribution in [1.82, 2.24) is 5.32 Å². The zero-order valence-electron chi connectivity index (χ0n) is 8.60. The number of unbranched alkanes of at least 4 members (excludes halogenated alkanes) is 2. The molecule has 0 radical (unpaired) electrons. The molecule has 1 rings (SSSR count). The van der Waals surface area contributed by atoms with Crippen LogP contribution in [0.1, 0.15) is 52.4 Å². The molecule has 0 aliphatic heterocycles. The maximum Gasteiger partial charge on any atom is 0.00952 e. The second-order valence-corrected chi connectivity index (χ2v) is 4.00. The van der Waals surface area contributed by atoms with E-state index in [2.05, 4.69) is 19.2 Å². The molecule has 1 aliphatic rings. The van der Waals surface area contributed by atoms with Crippen LogP contribution in [0.15, 0.2) is 0 Å². The Morgan fingerprint density at radius 2 is 2.00 bits per heavy atom. The Balaban J connectivity index is 2.05. The molecule has 1 N–H and O–H groups in total. The molecule has 0 aromatic rings. The van der Waals surface area contributed by atoms with Crippen molar-refractivity contribution in [3.05, 3.63) is 0 Å². The van der Waals surface area contributed by atoms with Gasteiger partial charge in [0, 0.05) is 6.04 Å². The minimum Gasteiger partial charge on any atom is -0.314 e. The standard InChI is InChI=1S/C11H23N/c1-3-5-6-7-11(12-4-2)10-8-9-10/h10-12H,3-9H2,1-2H3. The second-order valence-electron chi connectivity index (χ2n) is 4.00. The Bertz CT molecular complexity index is 108. The molecule has 1 nitrogen and oxygen atoms in total. The zero-order chi connectivity index (χ0) is 8.81. The van der Waals surface area contributed by atoms with E-state index >= 15 is 0 Å². The summed E-state index contributed by atoms with van der Waals surface area (Å²) in [5.41, 5.74) is 0. The summed E-state index contributed by atoms with van der Waals surface area (Å²) >= 11 is 0. The third-order valence-corrected chi connectivity index (χ3v) is 2.78. The van der Waals surface area contributed by atoms with Crippen LogP contribution in [0.4, 0.5) is 0 Å². The molecule has 0 spiro atoms. The van der Waals surface area contributed by atoms with Crippen molar-refractivity contribution >= 4 is 0 Å². The SMILES string of the molecule is CCCCCC(NCC)C1CC1. The van der Waals surface area contributed by atoms with E-state index in [0.29, 0.717) is 0 Å². The fourth-order valence-corrected chi connectivity index (χ4v) is 1.88. The van der Waals surface area contributed by atoms with Crippen molar-refractivity contribution in [2.45, 2.75) is 58.4 Å². The number of hydrogen-bond donors (Lipinski definition) is 1. The maximum atomic E-state index is 3.60. The van der Waals surface area contributed by atoms with Crippen LogP contribution < -0.4 is 5.32 Å². The zero-order valence-corrected chi connectivity index (χ0v) is 8.60. The van der Waals surface area contributed by atoms with Gasteiger partial charge >= 0.3 is 0 Å². The molecule has 0 bridgehead atoms. The van der Waals surface area contributed by atoms with Crippen LogP contribution in [0, 0.1) is 5.92 Å². The van der Waals surface area contributed by atoms with E-state index in [1.807, 2.05) is 0 Å². The Morgan fingerprint density at radius 1 is 1.25 bits per heavy atom. The van der Waals surface area contributed by atoms with Gasteiger partial charge in [0.15, 0.2) is 0 Å². The van der Waals surface area contributed by atoms with Crippen LogP contribution in [0.5, 0.6) is 0 Å². The average Bonchev–Trinajstić information content (AvgIpc) is 2.86. The van der Waals surface area contributed by atoms with Gasteiger partial charge in [0.25, 0.3) is 0 Å². The molecular formula is C11H23N. The van der Waals surface area contributed by atoms with E-state index in [0.717, 1.165) is 18.5 Å². The monoisotopic (exact) mass is 169 g/mol. The quantitative estimate of drug-likeness (QED) is 0.578. The van der Waals surface area contributed by atoms with Crippen molar-refractivity contribution in [3.63, 3.8) is 0 Å². The van der Waals surface area contributed by atoms with E-state index in [9.17, 15) is 0 Å². The van der Waals surface area contributed by atoms with Crippen LogP contribution >= 0.6 is 0 Å². The molecule has 1 aliphatic carbocycles. The third-order valence-electron chi connectivity index (χ3n) is 2.78. The first-order valence-corrected chi connectivity index (χ1v) is 5.61. The fourth-order valence-electron chi connectivity index (χ4n) is 1.88. The summed E-state index contributed by atoms with van der Waals surface area (Å²) in [6.07, 6.45) is 8.54. The summed E-state index contributed by atoms with van der Waals surface area (Å²) in [6, 6.07) is 0.849. The Morgan fingerprint density at radius 3 is 2.50 bits per heavy atom. The molecule has 0 heterocycles. The van der Waals surface area contributed by atoms with Gasteiger partial charge in [-0.15, -0.1) is 0 Å². The van der Waals surface area contributed by atoms with Gasteiger partial charge in [-0.1, -0.05) is 33.1 Å². The second kappa shape index (κ2) is 5.58. The van der Waals surface area contributed by atoms with Crippen LogP contribution in [0.3, 0.4) is 0 Å². The van der Waals surface area contributed by atoms with Crippen molar-refractivity contribution in [2.24, 2.45) is 5.92 Å². The van der Waals surface area contributed by atoms with Gasteiger partial charge in [-0.25, -0.2) is 0 Å². The summed E-state index contributed by atoms with van der Waals surface area (Å²) in [7, 11) is 0. The summed E-state index contributed by atoms with van der Waals surface area (Å²) in [5, 5.41) is 3.60. The Kier molecular flexibility index (Phi) is 4.67. The molecule has 0 aromatic heterocycles. The van der Waals surface area contributed by atoms with Gasteiger partial charge in [0.2, 0.25) is 0 Å². The summed E-state index contributed by atoms with van der Waals surface area (Å²) in [5.74, 6) is 1.03. The van der Waals surface area contributed by atoms with Crippen LogP contribution in [0.25, 0.3) is 0 Å². The van der Waals surface area contributed by atoms with Gasteiger partial charge in [-0.3, -0.25) is 0 Å². The van der Waals surface area contributed by atoms with Crippen molar-refractivity contribution < 1.29 is 0 Å². The van der Waals surface area contributed by atoms with Gasteiger partial charge in [-0.05, 0) is 31.7 Å². The number of rotatable bonds is 7. The lowest BCUT2D eigenvalue weighted by atomic mass is 10.0. The van der Waals surface area contributed by atoms with Crippen LogP contribution in [0.2, 0.25) is 0 Å². The molecule has 1 unspecified atom stereocenters. The predicted octanol–water partition coefficient (Wildman–Crippen LogP) is 2.95. The van der Waals surface area contributed by atoms with E-state index in [1.54, 1.807) is 0 Å². The van der Waals surface area contributed by atoms with Crippen molar-refractivity contribution in [1.29, 1.82) is 0 Å². The normalized spacial score (nSPS) is 19.5. The minimum atomic E-state index is 0.849. The first kappa shape index (κ1) is 10.0. The summed E-state index contributed by atoms with van der Waals surface area (Å²) in [6.45, 7) is 5.64. The smallest absolute Gasteiger partial charge is 0.00952 e. The van der Waals surface area contributed by atoms with Crippen LogP contribution in [-0.2, 0) is 0 Å². The summed E-state index contributed by atoms with van der Waals surface area (Å²) in [4.78, 5) is 0. The molecule has 12 heavy (non-hydrogen) atoms. The van der Waals surface area contributed by atoms with Gasteiger partial charge in [0.1, 0.15) is 0 Å². The maximum absolute atomic E-state index is 3.60. The fraction of sp³-hybridized carbons (Fsp3) is 1.00. The van der Waals surface area contributed by atoms with Crippen molar-refractivity contribution in [2.75, 3.05) is 6.54 Å². The Labute approximate surface area is 76.9 Å². The number of nitrogens with one attached hydrogen (secondary N) is 1. The molecule has 1 fully saturated rings. The topological polar surface area (TPSA) is 12.0 Å². The highest BCUT2D eigenvalue weighted by Crippen LogP contribution is 2.34. The van der Waals surface area contributed by atoms with Crippen LogP contribution in [-0.4, -0.2) is 12.6 Å². The average molecular weight is 169 g/mol. The minimum absolute atomic E-state index is 0.849. The van der Waals surface area contributed by atoms with E-state index in [-0.39, 0.29) is 0 Å². The molecule has 1 heteroatoms. The first-order chi connectivity index (χ1) is 5.88. The van der Waals surface area contributed by atoms with Crippen molar-refractivity contribution in [3.8, 4) is 0 Å². The molecular weight excluding hydrogens is 146 g/mol. The lowest BCUT2D eigenvalue weighted by Crippen LogP contribution is -2.30. The summed E-state index contributed by atoms with van der Waals surface area (Å²) < 4.78 is 0. The van der Waals surface area contributed by atoms with E-state index in [1.165, 1.54) is 38.5 Å². The lowest BCUT2D eigenvalue weighted by Gasteiger charge is -2.16. The van der Waals surface area contributed by atoms with E-state index < -0.39 is 0 Å². The molecule has 0 aromatic carbocycles. The number of hydrogen-bond acceptors (Lipinski definition) is 1. The molecule has 1 atom stereocenters. The molecule has 1 saturated carbocycles. The highest BCUT2D eigenvalue weighted by molar-refractivity contribution is 4.85. The van der Waals surface area contributed by atoms with Gasteiger partial charge < -0.3 is 5.32 Å². The van der Waals surface area contributed by atoms with E-state index in [4.69, 9.17) is 0 Å².